The van der Waals surface area contributed by atoms with Gasteiger partial charge < -0.3 is 19.3 Å². The Bertz CT molecular complexity index is 494. The minimum absolute atomic E-state index is 0.0869. The molecule has 0 aromatic carbocycles. The zero-order chi connectivity index (χ0) is 13.4. The molecule has 0 spiro atoms. The van der Waals surface area contributed by atoms with E-state index in [1.165, 1.54) is 0 Å². The van der Waals surface area contributed by atoms with E-state index in [1.54, 1.807) is 0 Å². The quantitative estimate of drug-likeness (QED) is 0.711. The van der Waals surface area contributed by atoms with Gasteiger partial charge in [0.2, 0.25) is 6.29 Å². The number of hydrogen-bond acceptors (Lipinski definition) is 5. The largest absolute Gasteiger partial charge is 0.461 e. The number of carbonyl (C=O) groups is 1. The van der Waals surface area contributed by atoms with Gasteiger partial charge in [0.25, 0.3) is 5.79 Å². The number of ketones is 1. The van der Waals surface area contributed by atoms with Crippen LogP contribution in [0.15, 0.2) is 11.3 Å². The van der Waals surface area contributed by atoms with Gasteiger partial charge in [0.05, 0.1) is 12.7 Å². The van der Waals surface area contributed by atoms with Crippen LogP contribution in [0.5, 0.6) is 0 Å². The fourth-order valence-corrected chi connectivity index (χ4v) is 3.78. The summed E-state index contributed by atoms with van der Waals surface area (Å²) in [5.41, 5.74) is 0.622. The highest BCUT2D eigenvalue weighted by atomic mass is 16.8. The van der Waals surface area contributed by atoms with Gasteiger partial charge in [-0.05, 0) is 5.41 Å². The van der Waals surface area contributed by atoms with Crippen molar-refractivity contribution in [3.63, 3.8) is 0 Å². The Hall–Kier alpha value is -0.910. The van der Waals surface area contributed by atoms with Gasteiger partial charge in [-0.1, -0.05) is 13.8 Å². The summed E-state index contributed by atoms with van der Waals surface area (Å²) in [5.74, 6) is -0.725. The first-order valence-electron chi connectivity index (χ1n) is 6.83. The summed E-state index contributed by atoms with van der Waals surface area (Å²) in [6, 6.07) is 0. The maximum absolute atomic E-state index is 12.4. The maximum atomic E-state index is 12.4. The molecule has 4 bridgehead atoms. The fourth-order valence-electron chi connectivity index (χ4n) is 3.78. The van der Waals surface area contributed by atoms with Gasteiger partial charge in [-0.25, -0.2) is 0 Å². The molecule has 5 heteroatoms. The van der Waals surface area contributed by atoms with E-state index >= 15 is 0 Å². The van der Waals surface area contributed by atoms with Crippen LogP contribution in [0.25, 0.3) is 0 Å². The first-order valence-corrected chi connectivity index (χ1v) is 6.83. The van der Waals surface area contributed by atoms with E-state index in [0.29, 0.717) is 31.6 Å². The van der Waals surface area contributed by atoms with Gasteiger partial charge in [0.1, 0.15) is 5.76 Å². The average Bonchev–Trinajstić information content (AvgIpc) is 2.70. The van der Waals surface area contributed by atoms with E-state index in [2.05, 4.69) is 0 Å². The highest BCUT2D eigenvalue weighted by molar-refractivity contribution is 5.98. The topological polar surface area (TPSA) is 65.0 Å². The van der Waals surface area contributed by atoms with E-state index < -0.39 is 12.1 Å². The lowest BCUT2D eigenvalue weighted by Crippen LogP contribution is -2.56. The molecule has 2 unspecified atom stereocenters. The van der Waals surface area contributed by atoms with Crippen molar-refractivity contribution < 1.29 is 24.1 Å². The Balaban J connectivity index is 1.81. The lowest BCUT2D eigenvalue weighted by atomic mass is 9.70. The Morgan fingerprint density at radius 1 is 1.32 bits per heavy atom. The van der Waals surface area contributed by atoms with Gasteiger partial charge in [-0.2, -0.15) is 0 Å². The van der Waals surface area contributed by atoms with Crippen LogP contribution in [0.1, 0.15) is 33.1 Å². The van der Waals surface area contributed by atoms with Crippen LogP contribution in [0, 0.1) is 11.3 Å². The third kappa shape index (κ3) is 1.55. The molecule has 0 radical (unpaired) electrons. The maximum Gasteiger partial charge on any atom is 0.259 e. The van der Waals surface area contributed by atoms with Crippen LogP contribution in [0.3, 0.4) is 0 Å². The van der Waals surface area contributed by atoms with Gasteiger partial charge >= 0.3 is 0 Å². The molecule has 3 aliphatic heterocycles. The average molecular weight is 266 g/mol. The minimum atomic E-state index is -1.43. The summed E-state index contributed by atoms with van der Waals surface area (Å²) in [7, 11) is 0. The van der Waals surface area contributed by atoms with Crippen molar-refractivity contribution in [3.8, 4) is 0 Å². The van der Waals surface area contributed by atoms with Gasteiger partial charge in [-0.15, -0.1) is 0 Å². The van der Waals surface area contributed by atoms with E-state index in [0.717, 1.165) is 5.57 Å². The monoisotopic (exact) mass is 266 g/mol. The predicted molar refractivity (Wildman–Crippen MR) is 63.8 cm³/mol. The summed E-state index contributed by atoms with van der Waals surface area (Å²) in [4.78, 5) is 12.4. The van der Waals surface area contributed by atoms with Crippen molar-refractivity contribution in [2.24, 2.45) is 11.3 Å². The van der Waals surface area contributed by atoms with E-state index in [9.17, 15) is 9.90 Å². The summed E-state index contributed by atoms with van der Waals surface area (Å²) in [5, 5.41) is 10.6. The molecule has 4 rings (SSSR count). The second-order valence-electron chi connectivity index (χ2n) is 6.88. The molecule has 0 saturated carbocycles. The zero-order valence-electron chi connectivity index (χ0n) is 11.1. The number of hydrogen-bond donors (Lipinski definition) is 1. The highest BCUT2D eigenvalue weighted by Gasteiger charge is 2.60. The van der Waals surface area contributed by atoms with Crippen LogP contribution >= 0.6 is 0 Å². The van der Waals surface area contributed by atoms with Crippen molar-refractivity contribution in [1.29, 1.82) is 0 Å². The zero-order valence-corrected chi connectivity index (χ0v) is 11.1. The lowest BCUT2D eigenvalue weighted by molar-refractivity contribution is -0.331. The Morgan fingerprint density at radius 3 is 2.89 bits per heavy atom. The van der Waals surface area contributed by atoms with Gasteiger partial charge in [0.15, 0.2) is 5.78 Å². The molecule has 19 heavy (non-hydrogen) atoms. The van der Waals surface area contributed by atoms with Crippen LogP contribution in [-0.2, 0) is 19.0 Å². The first kappa shape index (κ1) is 11.9. The number of fused-ring (bicyclic) bond motifs is 7. The number of carbonyl (C=O) groups excluding carboxylic acids is 1. The molecule has 2 fully saturated rings. The number of Topliss-reactive ketones (excluding diaryl/α,β-unsaturated/α-hetero) is 1. The third-order valence-corrected chi connectivity index (χ3v) is 4.59. The normalized spacial score (nSPS) is 46.9. The van der Waals surface area contributed by atoms with E-state index in [4.69, 9.17) is 14.2 Å². The van der Waals surface area contributed by atoms with Crippen LogP contribution in [0.4, 0.5) is 0 Å². The minimum Gasteiger partial charge on any atom is -0.461 e. The smallest absolute Gasteiger partial charge is 0.259 e. The number of rotatable bonds is 0. The van der Waals surface area contributed by atoms with Crippen LogP contribution in [-0.4, -0.2) is 35.7 Å². The van der Waals surface area contributed by atoms with E-state index in [1.807, 2.05) is 13.8 Å². The van der Waals surface area contributed by atoms with E-state index in [-0.39, 0.29) is 23.2 Å². The number of allylic oxidation sites excluding steroid dienone is 1. The Kier molecular flexibility index (Phi) is 2.12. The molecule has 1 N–H and O–H groups in total. The Morgan fingerprint density at radius 2 is 2.11 bits per heavy atom. The van der Waals surface area contributed by atoms with Crippen LogP contribution < -0.4 is 0 Å². The van der Waals surface area contributed by atoms with Crippen molar-refractivity contribution in [2.45, 2.75) is 51.3 Å². The molecule has 0 aromatic heterocycles. The van der Waals surface area contributed by atoms with Gasteiger partial charge in [0, 0.05) is 30.8 Å². The summed E-state index contributed by atoms with van der Waals surface area (Å²) >= 11 is 0. The second-order valence-corrected chi connectivity index (χ2v) is 6.88. The SMILES string of the molecule is CC1(C)CC(=O)C2=C(C1)OC1(O)C[C@@H]2C2CO[C@H]1O2. The fraction of sp³-hybridized carbons (Fsp3) is 0.786. The standard InChI is InChI=1S/C14H18O5/c1-13(2)4-8(15)11-7-3-14(16,19-9(11)5-13)12-17-6-10(7)18-12/h7,10,12,16H,3-6H2,1-2H3/t7-,10?,12+,14?/m1/s1. The predicted octanol–water partition coefficient (Wildman–Crippen LogP) is 1.11. The molecular weight excluding hydrogens is 248 g/mol. The van der Waals surface area contributed by atoms with Crippen LogP contribution in [0.2, 0.25) is 0 Å². The first-order chi connectivity index (χ1) is 8.88. The summed E-state index contributed by atoms with van der Waals surface area (Å²) in [6.07, 6.45) is 0.771. The molecule has 104 valence electrons. The Labute approximate surface area is 111 Å². The second kappa shape index (κ2) is 3.40. The molecule has 0 amide bonds. The number of ether oxygens (including phenoxy) is 3. The summed E-state index contributed by atoms with van der Waals surface area (Å²) in [6.45, 7) is 4.52. The molecule has 1 aliphatic carbocycles. The van der Waals surface area contributed by atoms with Crippen molar-refractivity contribution in [1.82, 2.24) is 0 Å². The molecule has 2 saturated heterocycles. The highest BCUT2D eigenvalue weighted by Crippen LogP contribution is 2.52. The van der Waals surface area contributed by atoms with Crippen molar-refractivity contribution in [3.05, 3.63) is 11.3 Å². The lowest BCUT2D eigenvalue weighted by Gasteiger charge is -2.48. The molecule has 4 atom stereocenters. The van der Waals surface area contributed by atoms with Crippen molar-refractivity contribution in [2.75, 3.05) is 6.61 Å². The molecular formula is C14H18O5. The molecule has 3 heterocycles. The van der Waals surface area contributed by atoms with Gasteiger partial charge in [-0.3, -0.25) is 4.79 Å². The number of aliphatic hydroxyl groups is 1. The molecule has 0 aromatic rings. The third-order valence-electron chi connectivity index (χ3n) is 4.59. The molecule has 5 nitrogen and oxygen atoms in total. The molecule has 4 aliphatic rings. The van der Waals surface area contributed by atoms with Crippen molar-refractivity contribution >= 4 is 5.78 Å². The summed E-state index contributed by atoms with van der Waals surface area (Å²) < 4.78 is 16.8.